The Morgan fingerprint density at radius 2 is 1.61 bits per heavy atom. The van der Waals surface area contributed by atoms with E-state index in [-0.39, 0.29) is 5.91 Å². The van der Waals surface area contributed by atoms with Crippen LogP contribution in [0.25, 0.3) is 0 Å². The molecule has 2 aromatic carbocycles. The molecule has 2 fully saturated rings. The second kappa shape index (κ2) is 10.4. The van der Waals surface area contributed by atoms with Crippen LogP contribution in [0, 0.1) is 5.92 Å². The summed E-state index contributed by atoms with van der Waals surface area (Å²) in [5.74, 6) is 1.07. The fraction of sp³-hybridized carbons (Fsp3) is 0.414. The Kier molecular flexibility index (Phi) is 6.92. The van der Waals surface area contributed by atoms with Crippen LogP contribution in [-0.4, -0.2) is 46.4 Å². The lowest BCUT2D eigenvalue weighted by atomic mass is 9.87. The zero-order valence-corrected chi connectivity index (χ0v) is 19.4. The lowest BCUT2D eigenvalue weighted by Gasteiger charge is -2.37. The number of rotatable bonds is 7. The van der Waals surface area contributed by atoms with Gasteiger partial charge in [-0.25, -0.2) is 0 Å². The van der Waals surface area contributed by atoms with E-state index in [0.29, 0.717) is 17.9 Å². The van der Waals surface area contributed by atoms with Crippen molar-refractivity contribution in [3.63, 3.8) is 0 Å². The van der Waals surface area contributed by atoms with Gasteiger partial charge in [0.25, 0.3) is 5.91 Å². The van der Waals surface area contributed by atoms with Crippen LogP contribution in [0.2, 0.25) is 0 Å². The lowest BCUT2D eigenvalue weighted by Crippen LogP contribution is -2.45. The molecule has 172 valence electrons. The number of carbonyl (C=O) groups excluding carboxylic acids is 1. The van der Waals surface area contributed by atoms with Gasteiger partial charge in [-0.2, -0.15) is 0 Å². The number of likely N-dealkylation sites (tertiary alicyclic amines) is 1. The van der Waals surface area contributed by atoms with Crippen LogP contribution in [0.15, 0.2) is 79.0 Å². The van der Waals surface area contributed by atoms with E-state index in [1.807, 2.05) is 36.5 Å². The molecule has 4 heteroatoms. The highest BCUT2D eigenvalue weighted by molar-refractivity contribution is 5.94. The third kappa shape index (κ3) is 5.22. The smallest absolute Gasteiger partial charge is 0.254 e. The molecule has 0 radical (unpaired) electrons. The molecule has 1 N–H and O–H groups in total. The molecular weight excluding hydrogens is 406 g/mol. The maximum absolute atomic E-state index is 13.7. The summed E-state index contributed by atoms with van der Waals surface area (Å²) in [6.45, 7) is 3.82. The number of nitrogens with zero attached hydrogens (tertiary/aromatic N) is 2. The van der Waals surface area contributed by atoms with E-state index in [1.165, 1.54) is 30.5 Å². The van der Waals surface area contributed by atoms with E-state index in [0.717, 1.165) is 44.6 Å². The maximum atomic E-state index is 13.7. The first-order valence-electron chi connectivity index (χ1n) is 12.5. The molecule has 0 spiro atoms. The highest BCUT2D eigenvalue weighted by Gasteiger charge is 2.37. The molecule has 1 aliphatic heterocycles. The molecule has 33 heavy (non-hydrogen) atoms. The number of amides is 1. The quantitative estimate of drug-likeness (QED) is 0.510. The summed E-state index contributed by atoms with van der Waals surface area (Å²) in [6.07, 6.45) is 8.02. The maximum Gasteiger partial charge on any atom is 0.254 e. The zero-order valence-electron chi connectivity index (χ0n) is 19.4. The third-order valence-corrected chi connectivity index (χ3v) is 7.53. The number of aromatic nitrogens is 1. The van der Waals surface area contributed by atoms with Gasteiger partial charge in [-0.15, -0.1) is 0 Å². The van der Waals surface area contributed by atoms with Crippen molar-refractivity contribution in [2.75, 3.05) is 19.6 Å². The summed E-state index contributed by atoms with van der Waals surface area (Å²) >= 11 is 0. The van der Waals surface area contributed by atoms with Crippen LogP contribution in [0.5, 0.6) is 0 Å². The van der Waals surface area contributed by atoms with E-state index >= 15 is 0 Å². The molecule has 2 heterocycles. The Balaban J connectivity index is 1.40. The fourth-order valence-corrected chi connectivity index (χ4v) is 5.85. The molecule has 1 saturated heterocycles. The van der Waals surface area contributed by atoms with Crippen molar-refractivity contribution in [2.24, 2.45) is 5.92 Å². The molecule has 1 amide bonds. The van der Waals surface area contributed by atoms with Crippen LogP contribution in [0.4, 0.5) is 0 Å². The van der Waals surface area contributed by atoms with E-state index in [1.54, 1.807) is 0 Å². The van der Waals surface area contributed by atoms with Gasteiger partial charge in [0.05, 0.1) is 0 Å². The van der Waals surface area contributed by atoms with Gasteiger partial charge in [0.1, 0.15) is 0 Å². The minimum atomic E-state index is 0.206. The SMILES string of the molecule is O=C(c1ccccc1)N(CC1CN(Cc2ccc[nH]2)CC1c1ccccc1)C1CCCCC1. The summed E-state index contributed by atoms with van der Waals surface area (Å²) < 4.78 is 0. The van der Waals surface area contributed by atoms with Crippen LogP contribution in [0.1, 0.15) is 59.6 Å². The Bertz CT molecular complexity index is 996. The standard InChI is InChI=1S/C29H35N3O/c33-29(24-13-6-2-7-14-24)32(27-16-8-3-9-17-27)20-25-19-31(21-26-15-10-18-30-26)22-28(25)23-11-4-1-5-12-23/h1-2,4-7,10-15,18,25,27-28,30H,3,8-9,16-17,19-22H2. The van der Waals surface area contributed by atoms with Crippen molar-refractivity contribution in [3.05, 3.63) is 95.8 Å². The van der Waals surface area contributed by atoms with Crippen molar-refractivity contribution >= 4 is 5.91 Å². The minimum absolute atomic E-state index is 0.206. The Hall–Kier alpha value is -2.85. The fourth-order valence-electron chi connectivity index (χ4n) is 5.85. The van der Waals surface area contributed by atoms with Crippen molar-refractivity contribution in [2.45, 2.75) is 50.6 Å². The first-order valence-corrected chi connectivity index (χ1v) is 12.5. The second-order valence-corrected chi connectivity index (χ2v) is 9.78. The molecular formula is C29H35N3O. The number of nitrogens with one attached hydrogen (secondary N) is 1. The summed E-state index contributed by atoms with van der Waals surface area (Å²) in [4.78, 5) is 21.9. The monoisotopic (exact) mass is 441 g/mol. The third-order valence-electron chi connectivity index (χ3n) is 7.53. The largest absolute Gasteiger partial charge is 0.364 e. The van der Waals surface area contributed by atoms with Crippen LogP contribution < -0.4 is 0 Å². The van der Waals surface area contributed by atoms with E-state index in [4.69, 9.17) is 0 Å². The van der Waals surface area contributed by atoms with E-state index < -0.39 is 0 Å². The summed E-state index contributed by atoms with van der Waals surface area (Å²) in [5.41, 5.74) is 3.47. The lowest BCUT2D eigenvalue weighted by molar-refractivity contribution is 0.0588. The van der Waals surface area contributed by atoms with Crippen LogP contribution in [0.3, 0.4) is 0 Å². The highest BCUT2D eigenvalue weighted by atomic mass is 16.2. The van der Waals surface area contributed by atoms with E-state index in [2.05, 4.69) is 57.2 Å². The number of hydrogen-bond acceptors (Lipinski definition) is 2. The molecule has 1 saturated carbocycles. The van der Waals surface area contributed by atoms with Crippen molar-refractivity contribution < 1.29 is 4.79 Å². The van der Waals surface area contributed by atoms with Crippen molar-refractivity contribution in [3.8, 4) is 0 Å². The Morgan fingerprint density at radius 1 is 0.879 bits per heavy atom. The van der Waals surface area contributed by atoms with E-state index in [9.17, 15) is 4.79 Å². The molecule has 4 nitrogen and oxygen atoms in total. The van der Waals surface area contributed by atoms with Gasteiger partial charge in [-0.3, -0.25) is 9.69 Å². The van der Waals surface area contributed by atoms with Gasteiger partial charge < -0.3 is 9.88 Å². The predicted molar refractivity (Wildman–Crippen MR) is 133 cm³/mol. The van der Waals surface area contributed by atoms with Crippen LogP contribution in [-0.2, 0) is 6.54 Å². The molecule has 5 rings (SSSR count). The number of H-pyrrole nitrogens is 1. The molecule has 0 bridgehead atoms. The molecule has 3 aromatic rings. The van der Waals surface area contributed by atoms with Gasteiger partial charge in [0.15, 0.2) is 0 Å². The first kappa shape index (κ1) is 22.0. The normalized spacial score (nSPS) is 21.8. The second-order valence-electron chi connectivity index (χ2n) is 9.78. The van der Waals surface area contributed by atoms with Gasteiger partial charge >= 0.3 is 0 Å². The number of carbonyl (C=O) groups is 1. The molecule has 2 aliphatic rings. The molecule has 1 aliphatic carbocycles. The molecule has 2 atom stereocenters. The van der Waals surface area contributed by atoms with Gasteiger partial charge in [-0.05, 0) is 48.6 Å². The predicted octanol–water partition coefficient (Wildman–Crippen LogP) is 5.71. The summed E-state index contributed by atoms with van der Waals surface area (Å²) in [5, 5.41) is 0. The summed E-state index contributed by atoms with van der Waals surface area (Å²) in [7, 11) is 0. The minimum Gasteiger partial charge on any atom is -0.364 e. The summed E-state index contributed by atoms with van der Waals surface area (Å²) in [6, 6.07) is 25.4. The highest BCUT2D eigenvalue weighted by Crippen LogP contribution is 2.36. The zero-order chi connectivity index (χ0) is 22.5. The Labute approximate surface area is 197 Å². The van der Waals surface area contributed by atoms with Crippen molar-refractivity contribution in [1.82, 2.24) is 14.8 Å². The number of hydrogen-bond donors (Lipinski definition) is 1. The molecule has 1 aromatic heterocycles. The Morgan fingerprint density at radius 3 is 2.30 bits per heavy atom. The first-order chi connectivity index (χ1) is 16.3. The van der Waals surface area contributed by atoms with Gasteiger partial charge in [0, 0.05) is 55.6 Å². The average Bonchev–Trinajstić information content (AvgIpc) is 3.54. The van der Waals surface area contributed by atoms with Crippen molar-refractivity contribution in [1.29, 1.82) is 0 Å². The number of aromatic amines is 1. The number of benzene rings is 2. The van der Waals surface area contributed by atoms with Gasteiger partial charge in [-0.1, -0.05) is 67.8 Å². The van der Waals surface area contributed by atoms with Gasteiger partial charge in [0.2, 0.25) is 0 Å². The average molecular weight is 442 g/mol. The molecule has 2 unspecified atom stereocenters. The van der Waals surface area contributed by atoms with Crippen LogP contribution >= 0.6 is 0 Å². The topological polar surface area (TPSA) is 39.3 Å².